The van der Waals surface area contributed by atoms with Gasteiger partial charge in [0, 0.05) is 57.1 Å². The lowest BCUT2D eigenvalue weighted by Gasteiger charge is -2.37. The van der Waals surface area contributed by atoms with Crippen LogP contribution in [0.2, 0.25) is 155 Å². The SMILES string of the molecule is Clc1c2ccc(c1Cl)[Si]13CC[Si]CC[Si]O[Si]CC[Si]CC[Si]2(CC[Si]CC[Si]O[Si]CC[Si]CC1)CC[Si]CC[Si]O[Si]CC[Si]CC3. The van der Waals surface area contributed by atoms with Crippen molar-refractivity contribution in [2.24, 2.45) is 0 Å². The summed E-state index contributed by atoms with van der Waals surface area (Å²) in [5, 5.41) is 5.13. The first-order valence-electron chi connectivity index (χ1n) is 18.2. The summed E-state index contributed by atoms with van der Waals surface area (Å²) >= 11 is 15.5. The van der Waals surface area contributed by atoms with Crippen LogP contribution < -0.4 is 10.4 Å². The Morgan fingerprint density at radius 3 is 0.796 bits per heavy atom. The van der Waals surface area contributed by atoms with Gasteiger partial charge in [-0.25, -0.2) is 0 Å². The highest BCUT2D eigenvalue weighted by atomic mass is 35.5. The lowest BCUT2D eigenvalue weighted by molar-refractivity contribution is 0.636. The highest BCUT2D eigenvalue weighted by molar-refractivity contribution is 6.97. The molecule has 4 bridgehead atoms. The van der Waals surface area contributed by atoms with Crippen LogP contribution >= 0.6 is 23.2 Å². The molecule has 6 heterocycles. The molecule has 0 saturated heterocycles. The molecule has 6 aliphatic heterocycles. The van der Waals surface area contributed by atoms with Crippen molar-refractivity contribution >= 4 is 165 Å². The Balaban J connectivity index is 1.76. The fourth-order valence-electron chi connectivity index (χ4n) is 6.94. The van der Waals surface area contributed by atoms with Crippen LogP contribution in [0, 0.1) is 0 Å². The van der Waals surface area contributed by atoms with Crippen LogP contribution in [0.3, 0.4) is 0 Å². The van der Waals surface area contributed by atoms with Crippen molar-refractivity contribution in [3.63, 3.8) is 0 Å². The van der Waals surface area contributed by atoms with Gasteiger partial charge in [0.1, 0.15) is 0 Å². The molecule has 24 radical (unpaired) electrons. The minimum atomic E-state index is -1.86. The van der Waals surface area contributed by atoms with E-state index in [1.807, 2.05) is 0 Å². The maximum absolute atomic E-state index is 7.75. The second kappa shape index (κ2) is 27.3. The van der Waals surface area contributed by atoms with Crippen LogP contribution in [0.15, 0.2) is 12.1 Å². The number of benzene rings is 1. The zero-order chi connectivity index (χ0) is 34.3. The Labute approximate surface area is 342 Å². The number of rotatable bonds is 0. The van der Waals surface area contributed by atoms with Gasteiger partial charge in [0.25, 0.3) is 0 Å². The summed E-state index contributed by atoms with van der Waals surface area (Å²) in [6, 6.07) is 37.4. The van der Waals surface area contributed by atoms with E-state index >= 15 is 0 Å². The van der Waals surface area contributed by atoms with Crippen LogP contribution in [0.5, 0.6) is 0 Å². The molecule has 19 heteroatoms. The quantitative estimate of drug-likeness (QED) is 0.267. The zero-order valence-electron chi connectivity index (χ0n) is 29.1. The maximum Gasteiger partial charge on any atom is 0.214 e. The monoisotopic (exact) mass is 920 g/mol. The number of fused-ring (bicyclic) bond motifs is 36. The molecule has 0 unspecified atom stereocenters. The van der Waals surface area contributed by atoms with Gasteiger partial charge in [0.2, 0.25) is 58.6 Å². The van der Waals surface area contributed by atoms with E-state index in [9.17, 15) is 0 Å². The highest BCUT2D eigenvalue weighted by Gasteiger charge is 2.40. The van der Waals surface area contributed by atoms with Gasteiger partial charge in [-0.15, -0.1) is 0 Å². The highest BCUT2D eigenvalue weighted by Crippen LogP contribution is 2.36. The topological polar surface area (TPSA) is 27.7 Å². The van der Waals surface area contributed by atoms with Crippen molar-refractivity contribution in [1.29, 1.82) is 0 Å². The molecule has 0 spiro atoms. The van der Waals surface area contributed by atoms with Crippen molar-refractivity contribution in [2.75, 3.05) is 0 Å². The van der Waals surface area contributed by atoms with Crippen LogP contribution in [0.25, 0.3) is 0 Å². The lowest BCUT2D eigenvalue weighted by Crippen LogP contribution is -2.52. The predicted molar refractivity (Wildman–Crippen MR) is 235 cm³/mol. The van der Waals surface area contributed by atoms with Crippen LogP contribution in [0.4, 0.5) is 0 Å². The lowest BCUT2D eigenvalue weighted by atomic mass is 10.3. The summed E-state index contributed by atoms with van der Waals surface area (Å²) in [5.41, 5.74) is 0. The van der Waals surface area contributed by atoms with E-state index in [1.54, 1.807) is 10.4 Å². The summed E-state index contributed by atoms with van der Waals surface area (Å²) in [5.74, 6) is 0. The summed E-state index contributed by atoms with van der Waals surface area (Å²) in [6.45, 7) is 0. The van der Waals surface area contributed by atoms with E-state index in [-0.39, 0.29) is 0 Å². The fraction of sp³-hybridized carbons (Fsp3) is 0.800. The van der Waals surface area contributed by atoms with E-state index < -0.39 is 16.1 Å². The smallest absolute Gasteiger partial charge is 0.214 e. The Hall–Kier alpha value is 2.72. The van der Waals surface area contributed by atoms with E-state index in [4.69, 9.17) is 35.5 Å². The fourth-order valence-corrected chi connectivity index (χ4v) is 41.4. The van der Waals surface area contributed by atoms with Gasteiger partial charge in [0.05, 0.1) is 26.2 Å². The molecule has 258 valence electrons. The second-order valence-electron chi connectivity index (χ2n) is 13.0. The third kappa shape index (κ3) is 16.4. The Bertz CT molecular complexity index is 885. The van der Waals surface area contributed by atoms with Gasteiger partial charge in [-0.1, -0.05) is 144 Å². The minimum Gasteiger partial charge on any atom is -0.457 e. The van der Waals surface area contributed by atoms with Crippen molar-refractivity contribution in [2.45, 2.75) is 145 Å². The first kappa shape index (κ1) is 44.4. The molecule has 49 heavy (non-hydrogen) atoms. The van der Waals surface area contributed by atoms with Crippen molar-refractivity contribution in [1.82, 2.24) is 0 Å². The summed E-state index contributed by atoms with van der Waals surface area (Å²) in [4.78, 5) is 0. The first-order valence-corrected chi connectivity index (χ1v) is 39.4. The zero-order valence-corrected chi connectivity index (χ0v) is 44.6. The Morgan fingerprint density at radius 2 is 0.571 bits per heavy atom. The van der Waals surface area contributed by atoms with Crippen LogP contribution in [0.1, 0.15) is 0 Å². The van der Waals surface area contributed by atoms with Gasteiger partial charge in [-0.2, -0.15) is 0 Å². The number of hydrogen-bond acceptors (Lipinski definition) is 3. The summed E-state index contributed by atoms with van der Waals surface area (Å²) in [7, 11) is 6.82. The molecule has 6 aliphatic rings. The molecule has 3 nitrogen and oxygen atoms in total. The summed E-state index contributed by atoms with van der Waals surface area (Å²) < 4.78 is 18.6. The number of hydrogen-bond donors (Lipinski definition) is 0. The molecule has 0 saturated carbocycles. The van der Waals surface area contributed by atoms with Gasteiger partial charge >= 0.3 is 0 Å². The third-order valence-corrected chi connectivity index (χ3v) is 40.8. The molecular formula is C30H50Cl2O3Si14. The first-order chi connectivity index (χ1) is 24.2. The van der Waals surface area contributed by atoms with Gasteiger partial charge in [-0.3, -0.25) is 0 Å². The maximum atomic E-state index is 7.75. The Kier molecular flexibility index (Phi) is 24.8. The molecular weight excluding hydrogens is 872 g/mol. The molecule has 0 aromatic heterocycles. The van der Waals surface area contributed by atoms with Crippen molar-refractivity contribution in [3.05, 3.63) is 22.2 Å². The molecule has 0 fully saturated rings. The molecule has 0 aliphatic carbocycles. The summed E-state index contributed by atoms with van der Waals surface area (Å²) in [6.07, 6.45) is 0. The standard InChI is InChI=1S/C30H50Cl2O3Si14/c31-29-27-1-2-28(30(29)32)49-24-18-39-6-12-45-33-42-9-3-36-15-21-48(27,22-16-37-4-10-43-34-46-13-7-40-19-25-49)23-17-38-5-11-44-35-47-14-8-41-20-26-49/h1-2H,3-26H2. The predicted octanol–water partition coefficient (Wildman–Crippen LogP) is 6.87. The van der Waals surface area contributed by atoms with Crippen molar-refractivity contribution in [3.8, 4) is 0 Å². The normalized spacial score (nSPS) is 28.9. The number of halogens is 2. The average Bonchev–Trinajstić information content (AvgIpc) is 3.10. The van der Waals surface area contributed by atoms with Crippen LogP contribution in [-0.2, 0) is 12.3 Å². The second-order valence-corrected chi connectivity index (χ2v) is 39.2. The Morgan fingerprint density at radius 1 is 0.347 bits per heavy atom. The molecule has 0 amide bonds. The third-order valence-electron chi connectivity index (χ3n) is 9.76. The average molecular weight is 923 g/mol. The van der Waals surface area contributed by atoms with Gasteiger partial charge < -0.3 is 12.3 Å². The van der Waals surface area contributed by atoms with Gasteiger partial charge in [-0.05, 0) is 46.6 Å². The minimum absolute atomic E-state index is 0.706. The largest absolute Gasteiger partial charge is 0.457 e. The molecule has 0 atom stereocenters. The van der Waals surface area contributed by atoms with E-state index in [0.29, 0.717) is 58.6 Å². The van der Waals surface area contributed by atoms with E-state index in [2.05, 4.69) is 12.1 Å². The molecule has 7 rings (SSSR count). The van der Waals surface area contributed by atoms with Crippen LogP contribution in [-0.4, -0.2) is 132 Å². The van der Waals surface area contributed by atoms with Gasteiger partial charge in [0.15, 0.2) is 0 Å². The molecule has 1 aromatic rings. The van der Waals surface area contributed by atoms with E-state index in [1.165, 1.54) is 145 Å². The molecule has 0 N–H and O–H groups in total. The van der Waals surface area contributed by atoms with E-state index in [0.717, 1.165) is 67.2 Å². The molecule has 1 aromatic carbocycles. The van der Waals surface area contributed by atoms with Crippen molar-refractivity contribution < 1.29 is 12.3 Å².